The fraction of sp³-hybridized carbons (Fsp3) is 0.333. The van der Waals surface area contributed by atoms with E-state index in [0.29, 0.717) is 12.3 Å². The number of halogens is 1. The number of amides is 1. The molecule has 1 heterocycles. The van der Waals surface area contributed by atoms with E-state index in [4.69, 9.17) is 4.74 Å². The Bertz CT molecular complexity index is 686. The summed E-state index contributed by atoms with van der Waals surface area (Å²) in [4.78, 5) is 16.8. The molecule has 1 unspecified atom stereocenters. The highest BCUT2D eigenvalue weighted by Crippen LogP contribution is 2.47. The normalized spacial score (nSPS) is 16.4. The largest absolute Gasteiger partial charge is 0.489 e. The highest BCUT2D eigenvalue weighted by molar-refractivity contribution is 5.90. The number of hydrogen-bond acceptors (Lipinski definition) is 3. The zero-order valence-corrected chi connectivity index (χ0v) is 13.0. The summed E-state index contributed by atoms with van der Waals surface area (Å²) in [6, 6.07) is 11.6. The van der Waals surface area contributed by atoms with Gasteiger partial charge in [0, 0.05) is 12.3 Å². The van der Waals surface area contributed by atoms with Gasteiger partial charge in [0.25, 0.3) is 0 Å². The Morgan fingerprint density at radius 1 is 1.35 bits per heavy atom. The van der Waals surface area contributed by atoms with E-state index in [2.05, 4.69) is 10.3 Å². The molecule has 3 rings (SSSR count). The Morgan fingerprint density at radius 3 is 2.83 bits per heavy atom. The van der Waals surface area contributed by atoms with Gasteiger partial charge in [0.05, 0.1) is 17.7 Å². The summed E-state index contributed by atoms with van der Waals surface area (Å²) in [6.07, 6.45) is 3.09. The van der Waals surface area contributed by atoms with Crippen molar-refractivity contribution in [1.29, 1.82) is 0 Å². The Morgan fingerprint density at radius 2 is 2.17 bits per heavy atom. The van der Waals surface area contributed by atoms with Gasteiger partial charge in [-0.15, -0.1) is 0 Å². The van der Waals surface area contributed by atoms with E-state index in [1.54, 1.807) is 18.3 Å². The van der Waals surface area contributed by atoms with E-state index in [0.717, 1.165) is 18.5 Å². The van der Waals surface area contributed by atoms with Gasteiger partial charge in [-0.3, -0.25) is 9.78 Å². The van der Waals surface area contributed by atoms with Crippen LogP contribution in [0.5, 0.6) is 5.75 Å². The first-order valence-electron chi connectivity index (χ1n) is 7.72. The number of aromatic nitrogens is 1. The first kappa shape index (κ1) is 15.5. The van der Waals surface area contributed by atoms with Crippen LogP contribution in [0.2, 0.25) is 0 Å². The summed E-state index contributed by atoms with van der Waals surface area (Å²) in [5, 5.41) is 2.92. The van der Waals surface area contributed by atoms with Crippen molar-refractivity contribution in [2.75, 3.05) is 6.54 Å². The van der Waals surface area contributed by atoms with E-state index < -0.39 is 5.41 Å². The molecule has 120 valence electrons. The third kappa shape index (κ3) is 3.50. The molecule has 1 N–H and O–H groups in total. The minimum atomic E-state index is -0.486. The molecule has 5 heteroatoms. The second kappa shape index (κ2) is 6.36. The van der Waals surface area contributed by atoms with Gasteiger partial charge in [0.15, 0.2) is 0 Å². The number of carbonyl (C=O) groups excluding carboxylic acids is 1. The van der Waals surface area contributed by atoms with Gasteiger partial charge in [-0.25, -0.2) is 4.39 Å². The second-order valence-corrected chi connectivity index (χ2v) is 5.89. The molecule has 23 heavy (non-hydrogen) atoms. The summed E-state index contributed by atoms with van der Waals surface area (Å²) >= 11 is 0. The number of carbonyl (C=O) groups is 1. The van der Waals surface area contributed by atoms with Crippen LogP contribution >= 0.6 is 0 Å². The van der Waals surface area contributed by atoms with E-state index >= 15 is 0 Å². The Hall–Kier alpha value is -2.43. The van der Waals surface area contributed by atoms with Crippen molar-refractivity contribution in [3.63, 3.8) is 0 Å². The van der Waals surface area contributed by atoms with Crippen LogP contribution in [0.1, 0.15) is 25.5 Å². The molecule has 1 aliphatic rings. The van der Waals surface area contributed by atoms with Crippen molar-refractivity contribution in [1.82, 2.24) is 10.3 Å². The molecule has 0 saturated heterocycles. The zero-order valence-electron chi connectivity index (χ0n) is 13.0. The Balaban J connectivity index is 1.55. The van der Waals surface area contributed by atoms with Gasteiger partial charge < -0.3 is 10.1 Å². The van der Waals surface area contributed by atoms with E-state index in [9.17, 15) is 9.18 Å². The predicted molar refractivity (Wildman–Crippen MR) is 84.6 cm³/mol. The standard InChI is InChI=1S/C18H19FN2O2/c1-13(23-15-6-4-5-14(19)11-15)12-21-17(22)18(8-9-18)16-7-2-3-10-20-16/h2-7,10-11,13H,8-9,12H2,1H3,(H,21,22). The van der Waals surface area contributed by atoms with Crippen LogP contribution in [-0.4, -0.2) is 23.5 Å². The van der Waals surface area contributed by atoms with Crippen molar-refractivity contribution in [3.8, 4) is 5.75 Å². The van der Waals surface area contributed by atoms with E-state index in [-0.39, 0.29) is 17.8 Å². The molecule has 1 aliphatic carbocycles. The number of benzene rings is 1. The molecule has 1 atom stereocenters. The fourth-order valence-corrected chi connectivity index (χ4v) is 2.59. The topological polar surface area (TPSA) is 51.2 Å². The Labute approximate surface area is 134 Å². The number of nitrogens with one attached hydrogen (secondary N) is 1. The van der Waals surface area contributed by atoms with Gasteiger partial charge in [-0.05, 0) is 44.0 Å². The van der Waals surface area contributed by atoms with Crippen LogP contribution in [0.3, 0.4) is 0 Å². The number of pyridine rings is 1. The van der Waals surface area contributed by atoms with Crippen molar-refractivity contribution < 1.29 is 13.9 Å². The third-order valence-corrected chi connectivity index (χ3v) is 4.02. The molecule has 0 spiro atoms. The minimum absolute atomic E-state index is 0.0223. The van der Waals surface area contributed by atoms with E-state index in [1.165, 1.54) is 12.1 Å². The van der Waals surface area contributed by atoms with Crippen molar-refractivity contribution in [3.05, 3.63) is 60.2 Å². The molecule has 0 bridgehead atoms. The smallest absolute Gasteiger partial charge is 0.232 e. The molecule has 4 nitrogen and oxygen atoms in total. The quantitative estimate of drug-likeness (QED) is 0.892. The SMILES string of the molecule is CC(CNC(=O)C1(c2ccccn2)CC1)Oc1cccc(F)c1. The lowest BCUT2D eigenvalue weighted by molar-refractivity contribution is -0.124. The zero-order chi connectivity index (χ0) is 16.3. The molecule has 2 aromatic rings. The third-order valence-electron chi connectivity index (χ3n) is 4.02. The molecule has 0 radical (unpaired) electrons. The van der Waals surface area contributed by atoms with Crippen LogP contribution in [0.4, 0.5) is 4.39 Å². The first-order chi connectivity index (χ1) is 11.1. The summed E-state index contributed by atoms with van der Waals surface area (Å²) in [5.74, 6) is 0.0920. The average Bonchev–Trinajstić information content (AvgIpc) is 3.35. The summed E-state index contributed by atoms with van der Waals surface area (Å²) in [7, 11) is 0. The maximum absolute atomic E-state index is 13.1. The molecule has 1 saturated carbocycles. The molecular weight excluding hydrogens is 295 g/mol. The monoisotopic (exact) mass is 314 g/mol. The number of ether oxygens (including phenoxy) is 1. The lowest BCUT2D eigenvalue weighted by Gasteiger charge is -2.18. The second-order valence-electron chi connectivity index (χ2n) is 5.89. The summed E-state index contributed by atoms with van der Waals surface area (Å²) in [6.45, 7) is 2.20. The van der Waals surface area contributed by atoms with Gasteiger partial charge >= 0.3 is 0 Å². The maximum Gasteiger partial charge on any atom is 0.232 e. The van der Waals surface area contributed by atoms with Crippen LogP contribution in [-0.2, 0) is 10.2 Å². The van der Waals surface area contributed by atoms with Crippen molar-refractivity contribution >= 4 is 5.91 Å². The highest BCUT2D eigenvalue weighted by Gasteiger charge is 2.52. The average molecular weight is 314 g/mol. The maximum atomic E-state index is 13.1. The number of rotatable bonds is 6. The predicted octanol–water partition coefficient (Wildman–Crippen LogP) is 2.84. The molecular formula is C18H19FN2O2. The van der Waals surface area contributed by atoms with Crippen molar-refractivity contribution in [2.24, 2.45) is 0 Å². The van der Waals surface area contributed by atoms with Gasteiger partial charge in [0.2, 0.25) is 5.91 Å². The first-order valence-corrected chi connectivity index (χ1v) is 7.72. The van der Waals surface area contributed by atoms with Gasteiger partial charge in [-0.1, -0.05) is 12.1 Å². The highest BCUT2D eigenvalue weighted by atomic mass is 19.1. The molecule has 1 aromatic heterocycles. The lowest BCUT2D eigenvalue weighted by atomic mass is 10.0. The van der Waals surface area contributed by atoms with Crippen LogP contribution in [0, 0.1) is 5.82 Å². The van der Waals surface area contributed by atoms with Crippen LogP contribution in [0.25, 0.3) is 0 Å². The molecule has 0 aliphatic heterocycles. The number of nitrogens with zero attached hydrogens (tertiary/aromatic N) is 1. The van der Waals surface area contributed by atoms with Gasteiger partial charge in [-0.2, -0.15) is 0 Å². The molecule has 1 fully saturated rings. The van der Waals surface area contributed by atoms with Gasteiger partial charge in [0.1, 0.15) is 17.7 Å². The summed E-state index contributed by atoms with van der Waals surface area (Å²) in [5.41, 5.74) is 0.330. The number of hydrogen-bond donors (Lipinski definition) is 1. The van der Waals surface area contributed by atoms with E-state index in [1.807, 2.05) is 25.1 Å². The minimum Gasteiger partial charge on any atom is -0.489 e. The lowest BCUT2D eigenvalue weighted by Crippen LogP contribution is -2.40. The molecule has 1 aromatic carbocycles. The Kier molecular flexibility index (Phi) is 4.28. The van der Waals surface area contributed by atoms with Crippen molar-refractivity contribution in [2.45, 2.75) is 31.3 Å². The molecule has 1 amide bonds. The van der Waals surface area contributed by atoms with Crippen LogP contribution in [0.15, 0.2) is 48.7 Å². The van der Waals surface area contributed by atoms with Crippen LogP contribution < -0.4 is 10.1 Å². The summed E-state index contributed by atoms with van der Waals surface area (Å²) < 4.78 is 18.7. The fourth-order valence-electron chi connectivity index (χ4n) is 2.59.